The molecule has 0 amide bonds. The summed E-state index contributed by atoms with van der Waals surface area (Å²) in [6, 6.07) is 9.54. The highest BCUT2D eigenvalue weighted by atomic mass is 15.3. The first-order valence-corrected chi connectivity index (χ1v) is 4.65. The van der Waals surface area contributed by atoms with Crippen molar-refractivity contribution in [1.82, 2.24) is 19.7 Å². The molecule has 4 heteroatoms. The van der Waals surface area contributed by atoms with Crippen LogP contribution in [-0.4, -0.2) is 19.7 Å². The molecule has 0 unspecified atom stereocenters. The minimum Gasteiger partial charge on any atom is -0.255 e. The molecule has 0 atom stereocenters. The Balaban J connectivity index is 2.22. The van der Waals surface area contributed by atoms with Gasteiger partial charge in [0.15, 0.2) is 5.82 Å². The summed E-state index contributed by atoms with van der Waals surface area (Å²) in [6.45, 7) is 0. The minimum atomic E-state index is 0.806. The first-order chi connectivity index (χ1) is 7.43. The van der Waals surface area contributed by atoms with Crippen molar-refractivity contribution in [2.45, 2.75) is 0 Å². The topological polar surface area (TPSA) is 43.6 Å². The molecule has 72 valence electrons. The molecule has 3 heterocycles. The van der Waals surface area contributed by atoms with Crippen molar-refractivity contribution in [1.29, 1.82) is 0 Å². The van der Waals surface area contributed by atoms with Crippen LogP contribution >= 0.6 is 0 Å². The van der Waals surface area contributed by atoms with Crippen molar-refractivity contribution in [3.05, 3.63) is 48.9 Å². The number of hydrogen-bond acceptors (Lipinski definition) is 3. The Morgan fingerprint density at radius 1 is 0.933 bits per heavy atom. The van der Waals surface area contributed by atoms with E-state index in [4.69, 9.17) is 0 Å². The minimum absolute atomic E-state index is 0.806. The largest absolute Gasteiger partial charge is 0.255 e. The maximum Gasteiger partial charge on any atom is 0.154 e. The van der Waals surface area contributed by atoms with E-state index in [1.54, 1.807) is 17.1 Å². The van der Waals surface area contributed by atoms with Crippen LogP contribution in [0.1, 0.15) is 0 Å². The van der Waals surface area contributed by atoms with Gasteiger partial charge in [0.2, 0.25) is 0 Å². The van der Waals surface area contributed by atoms with Crippen molar-refractivity contribution in [2.75, 3.05) is 0 Å². The predicted octanol–water partition coefficient (Wildman–Crippen LogP) is 1.82. The SMILES string of the molecule is c1cnc2ccc(-n3cccn3)nc2c1. The average Bonchev–Trinajstić information content (AvgIpc) is 2.82. The summed E-state index contributed by atoms with van der Waals surface area (Å²) >= 11 is 0. The highest BCUT2D eigenvalue weighted by Crippen LogP contribution is 2.11. The van der Waals surface area contributed by atoms with Crippen LogP contribution in [0.2, 0.25) is 0 Å². The van der Waals surface area contributed by atoms with Crippen molar-refractivity contribution in [3.8, 4) is 5.82 Å². The molecule has 0 N–H and O–H groups in total. The van der Waals surface area contributed by atoms with Crippen LogP contribution in [0.5, 0.6) is 0 Å². The molecule has 0 aromatic carbocycles. The fourth-order valence-corrected chi connectivity index (χ4v) is 1.48. The molecule has 0 aliphatic carbocycles. The Hall–Kier alpha value is -2.23. The summed E-state index contributed by atoms with van der Waals surface area (Å²) in [5.74, 6) is 0.806. The van der Waals surface area contributed by atoms with E-state index in [-0.39, 0.29) is 0 Å². The molecule has 0 aliphatic rings. The molecule has 3 aromatic heterocycles. The van der Waals surface area contributed by atoms with Crippen molar-refractivity contribution < 1.29 is 0 Å². The second kappa shape index (κ2) is 3.16. The van der Waals surface area contributed by atoms with Gasteiger partial charge in [0.1, 0.15) is 0 Å². The fourth-order valence-electron chi connectivity index (χ4n) is 1.48. The highest BCUT2D eigenvalue weighted by Gasteiger charge is 1.99. The van der Waals surface area contributed by atoms with Crippen LogP contribution in [0.25, 0.3) is 16.9 Å². The molecule has 15 heavy (non-hydrogen) atoms. The quantitative estimate of drug-likeness (QED) is 0.596. The van der Waals surface area contributed by atoms with Gasteiger partial charge in [0.25, 0.3) is 0 Å². The molecule has 0 spiro atoms. The molecule has 0 saturated carbocycles. The van der Waals surface area contributed by atoms with E-state index in [2.05, 4.69) is 15.1 Å². The van der Waals surface area contributed by atoms with Crippen molar-refractivity contribution in [3.63, 3.8) is 0 Å². The smallest absolute Gasteiger partial charge is 0.154 e. The summed E-state index contributed by atoms with van der Waals surface area (Å²) in [6.07, 6.45) is 5.36. The second-order valence-corrected chi connectivity index (χ2v) is 3.16. The zero-order valence-corrected chi connectivity index (χ0v) is 7.91. The summed E-state index contributed by atoms with van der Waals surface area (Å²) in [7, 11) is 0. The van der Waals surface area contributed by atoms with Crippen LogP contribution in [0, 0.1) is 0 Å². The number of nitrogens with zero attached hydrogens (tertiary/aromatic N) is 4. The lowest BCUT2D eigenvalue weighted by Gasteiger charge is -2.01. The van der Waals surface area contributed by atoms with Gasteiger partial charge in [0.05, 0.1) is 11.0 Å². The average molecular weight is 196 g/mol. The van der Waals surface area contributed by atoms with Crippen LogP contribution < -0.4 is 0 Å². The third-order valence-electron chi connectivity index (χ3n) is 2.18. The van der Waals surface area contributed by atoms with E-state index in [9.17, 15) is 0 Å². The highest BCUT2D eigenvalue weighted by molar-refractivity contribution is 5.74. The number of fused-ring (bicyclic) bond motifs is 1. The molecule has 3 rings (SSSR count). The summed E-state index contributed by atoms with van der Waals surface area (Å²) in [5.41, 5.74) is 1.78. The Morgan fingerprint density at radius 3 is 2.80 bits per heavy atom. The van der Waals surface area contributed by atoms with E-state index in [0.717, 1.165) is 16.9 Å². The normalized spacial score (nSPS) is 10.7. The molecule has 0 aliphatic heterocycles. The molecular weight excluding hydrogens is 188 g/mol. The van der Waals surface area contributed by atoms with Gasteiger partial charge in [-0.3, -0.25) is 4.98 Å². The van der Waals surface area contributed by atoms with Gasteiger partial charge in [-0.1, -0.05) is 0 Å². The van der Waals surface area contributed by atoms with E-state index in [1.165, 1.54) is 0 Å². The Kier molecular flexibility index (Phi) is 1.71. The lowest BCUT2D eigenvalue weighted by Crippen LogP contribution is -1.97. The predicted molar refractivity (Wildman–Crippen MR) is 56.7 cm³/mol. The Morgan fingerprint density at radius 2 is 1.93 bits per heavy atom. The molecule has 3 aromatic rings. The van der Waals surface area contributed by atoms with Gasteiger partial charge in [-0.05, 0) is 30.3 Å². The third-order valence-corrected chi connectivity index (χ3v) is 2.18. The summed E-state index contributed by atoms with van der Waals surface area (Å²) in [4.78, 5) is 8.67. The van der Waals surface area contributed by atoms with Gasteiger partial charge in [-0.15, -0.1) is 0 Å². The van der Waals surface area contributed by atoms with E-state index in [0.29, 0.717) is 0 Å². The molecule has 4 nitrogen and oxygen atoms in total. The van der Waals surface area contributed by atoms with E-state index >= 15 is 0 Å². The fraction of sp³-hybridized carbons (Fsp3) is 0. The zero-order valence-electron chi connectivity index (χ0n) is 7.91. The van der Waals surface area contributed by atoms with Gasteiger partial charge < -0.3 is 0 Å². The molecular formula is C11H8N4. The lowest BCUT2D eigenvalue weighted by atomic mass is 10.3. The Bertz CT molecular complexity index is 586. The number of hydrogen-bond donors (Lipinski definition) is 0. The standard InChI is InChI=1S/C11H8N4/c1-3-10-9(12-6-1)4-5-11(14-10)15-8-2-7-13-15/h1-8H. The van der Waals surface area contributed by atoms with Crippen molar-refractivity contribution >= 4 is 11.0 Å². The molecule has 0 bridgehead atoms. The number of rotatable bonds is 1. The van der Waals surface area contributed by atoms with E-state index < -0.39 is 0 Å². The van der Waals surface area contributed by atoms with Gasteiger partial charge >= 0.3 is 0 Å². The second-order valence-electron chi connectivity index (χ2n) is 3.16. The van der Waals surface area contributed by atoms with Gasteiger partial charge in [0, 0.05) is 18.6 Å². The monoisotopic (exact) mass is 196 g/mol. The first kappa shape index (κ1) is 8.11. The van der Waals surface area contributed by atoms with Gasteiger partial charge in [-0.25, -0.2) is 9.67 Å². The molecule has 0 saturated heterocycles. The van der Waals surface area contributed by atoms with Crippen molar-refractivity contribution in [2.24, 2.45) is 0 Å². The number of aromatic nitrogens is 4. The van der Waals surface area contributed by atoms with Crippen LogP contribution in [-0.2, 0) is 0 Å². The lowest BCUT2D eigenvalue weighted by molar-refractivity contribution is 0.852. The zero-order chi connectivity index (χ0) is 10.1. The van der Waals surface area contributed by atoms with E-state index in [1.807, 2.05) is 36.5 Å². The van der Waals surface area contributed by atoms with Crippen LogP contribution in [0.4, 0.5) is 0 Å². The maximum atomic E-state index is 4.46. The molecule has 0 radical (unpaired) electrons. The van der Waals surface area contributed by atoms with Crippen LogP contribution in [0.15, 0.2) is 48.9 Å². The first-order valence-electron chi connectivity index (χ1n) is 4.65. The maximum absolute atomic E-state index is 4.46. The summed E-state index contributed by atoms with van der Waals surface area (Å²) < 4.78 is 1.73. The number of pyridine rings is 2. The third kappa shape index (κ3) is 1.36. The molecule has 0 fully saturated rings. The summed E-state index contributed by atoms with van der Waals surface area (Å²) in [5, 5.41) is 4.13. The van der Waals surface area contributed by atoms with Gasteiger partial charge in [-0.2, -0.15) is 5.10 Å². The Labute approximate surface area is 86.2 Å². The van der Waals surface area contributed by atoms with Crippen LogP contribution in [0.3, 0.4) is 0 Å².